The molecule has 1 fully saturated rings. The van der Waals surface area contributed by atoms with Gasteiger partial charge in [-0.3, -0.25) is 9.59 Å². The number of hydrogen-bond acceptors (Lipinski definition) is 5. The molecule has 2 aromatic heterocycles. The van der Waals surface area contributed by atoms with Crippen LogP contribution in [0.1, 0.15) is 13.3 Å². The van der Waals surface area contributed by atoms with Crippen molar-refractivity contribution in [2.45, 2.75) is 32.5 Å². The van der Waals surface area contributed by atoms with Gasteiger partial charge in [-0.05, 0) is 25.1 Å². The number of carbonyl (C=O) groups excluding carboxylic acids is 2. The number of aryl methyl sites for hydroxylation is 2. The van der Waals surface area contributed by atoms with Crippen LogP contribution in [0.2, 0.25) is 0 Å². The molecule has 0 spiro atoms. The SMILES string of the molecule is CCn1cnc2cc(NC(=O)C3CN(C(=O)CCn4ccnc4)CCO3)ccc21. The maximum Gasteiger partial charge on any atom is 0.255 e. The molecular formula is C20H24N6O3. The van der Waals surface area contributed by atoms with Gasteiger partial charge in [0.05, 0.1) is 36.8 Å². The van der Waals surface area contributed by atoms with E-state index < -0.39 is 6.10 Å². The molecule has 3 aromatic rings. The topological polar surface area (TPSA) is 94.3 Å². The molecule has 1 aromatic carbocycles. The van der Waals surface area contributed by atoms with Crippen LogP contribution in [0.15, 0.2) is 43.2 Å². The Morgan fingerprint density at radius 1 is 1.31 bits per heavy atom. The molecule has 1 aliphatic rings. The number of morpholine rings is 1. The molecule has 4 rings (SSSR count). The first-order valence-corrected chi connectivity index (χ1v) is 9.75. The fourth-order valence-corrected chi connectivity index (χ4v) is 3.45. The van der Waals surface area contributed by atoms with Crippen molar-refractivity contribution in [2.24, 2.45) is 0 Å². The van der Waals surface area contributed by atoms with Gasteiger partial charge in [-0.2, -0.15) is 0 Å². The standard InChI is InChI=1S/C20H24N6O3/c1-2-25-14-22-16-11-15(3-4-17(16)25)23-20(28)18-12-26(9-10-29-18)19(27)5-7-24-8-6-21-13-24/h3-4,6,8,11,13-14,18H,2,5,7,9-10,12H2,1H3,(H,23,28). The summed E-state index contributed by atoms with van der Waals surface area (Å²) >= 11 is 0. The van der Waals surface area contributed by atoms with E-state index in [0.29, 0.717) is 31.8 Å². The van der Waals surface area contributed by atoms with Gasteiger partial charge in [0.2, 0.25) is 5.91 Å². The molecule has 9 nitrogen and oxygen atoms in total. The highest BCUT2D eigenvalue weighted by molar-refractivity contribution is 5.96. The monoisotopic (exact) mass is 396 g/mol. The Morgan fingerprint density at radius 2 is 2.21 bits per heavy atom. The number of nitrogens with one attached hydrogen (secondary N) is 1. The molecule has 0 aliphatic carbocycles. The molecule has 29 heavy (non-hydrogen) atoms. The minimum absolute atomic E-state index is 0.00586. The maximum atomic E-state index is 12.7. The lowest BCUT2D eigenvalue weighted by Gasteiger charge is -2.32. The van der Waals surface area contributed by atoms with Gasteiger partial charge in [0.1, 0.15) is 0 Å². The molecule has 1 unspecified atom stereocenters. The average molecular weight is 396 g/mol. The second-order valence-corrected chi connectivity index (χ2v) is 6.97. The maximum absolute atomic E-state index is 12.7. The van der Waals surface area contributed by atoms with Crippen LogP contribution < -0.4 is 5.32 Å². The van der Waals surface area contributed by atoms with Crippen molar-refractivity contribution in [3.63, 3.8) is 0 Å². The molecule has 9 heteroatoms. The molecular weight excluding hydrogens is 372 g/mol. The first-order chi connectivity index (χ1) is 14.1. The smallest absolute Gasteiger partial charge is 0.255 e. The molecule has 152 valence electrons. The van der Waals surface area contributed by atoms with E-state index in [1.165, 1.54) is 0 Å². The van der Waals surface area contributed by atoms with Crippen LogP contribution in [-0.4, -0.2) is 61.6 Å². The third-order valence-electron chi connectivity index (χ3n) is 5.08. The van der Waals surface area contributed by atoms with E-state index in [1.807, 2.05) is 33.5 Å². The van der Waals surface area contributed by atoms with Crippen LogP contribution in [0.4, 0.5) is 5.69 Å². The second kappa shape index (κ2) is 8.44. The Balaban J connectivity index is 1.35. The van der Waals surface area contributed by atoms with Gasteiger partial charge in [0.25, 0.3) is 5.91 Å². The number of fused-ring (bicyclic) bond motifs is 1. The third-order valence-corrected chi connectivity index (χ3v) is 5.08. The van der Waals surface area contributed by atoms with E-state index in [1.54, 1.807) is 23.8 Å². The molecule has 0 bridgehead atoms. The summed E-state index contributed by atoms with van der Waals surface area (Å²) in [5.74, 6) is -0.252. The molecule has 0 saturated carbocycles. The van der Waals surface area contributed by atoms with Crippen molar-refractivity contribution in [3.05, 3.63) is 43.2 Å². The third kappa shape index (κ3) is 4.29. The van der Waals surface area contributed by atoms with Crippen molar-refractivity contribution in [1.82, 2.24) is 24.0 Å². The highest BCUT2D eigenvalue weighted by Gasteiger charge is 2.29. The van der Waals surface area contributed by atoms with Crippen molar-refractivity contribution >= 4 is 28.5 Å². The van der Waals surface area contributed by atoms with E-state index in [0.717, 1.165) is 17.6 Å². The first kappa shape index (κ1) is 19.1. The number of anilines is 1. The fourth-order valence-electron chi connectivity index (χ4n) is 3.45. The van der Waals surface area contributed by atoms with Crippen molar-refractivity contribution in [3.8, 4) is 0 Å². The molecule has 1 saturated heterocycles. The Morgan fingerprint density at radius 3 is 3.00 bits per heavy atom. The molecule has 2 amide bonds. The number of imidazole rings is 2. The predicted octanol–water partition coefficient (Wildman–Crippen LogP) is 1.51. The lowest BCUT2D eigenvalue weighted by molar-refractivity contribution is -0.144. The van der Waals surface area contributed by atoms with Crippen LogP contribution in [0.25, 0.3) is 11.0 Å². The van der Waals surface area contributed by atoms with Gasteiger partial charge < -0.3 is 24.1 Å². The zero-order valence-electron chi connectivity index (χ0n) is 16.3. The first-order valence-electron chi connectivity index (χ1n) is 9.75. The van der Waals surface area contributed by atoms with Crippen molar-refractivity contribution in [2.75, 3.05) is 25.0 Å². The zero-order chi connectivity index (χ0) is 20.2. The fraction of sp³-hybridized carbons (Fsp3) is 0.400. The van der Waals surface area contributed by atoms with Gasteiger partial charge in [0.15, 0.2) is 6.10 Å². The Kier molecular flexibility index (Phi) is 5.57. The number of amides is 2. The van der Waals surface area contributed by atoms with E-state index in [-0.39, 0.29) is 18.4 Å². The summed E-state index contributed by atoms with van der Waals surface area (Å²) < 4.78 is 9.51. The highest BCUT2D eigenvalue weighted by atomic mass is 16.5. The Bertz CT molecular complexity index is 997. The normalized spacial score (nSPS) is 16.9. The van der Waals surface area contributed by atoms with Crippen LogP contribution in [-0.2, 0) is 27.4 Å². The predicted molar refractivity (Wildman–Crippen MR) is 107 cm³/mol. The number of benzene rings is 1. The Labute approximate surface area is 168 Å². The van der Waals surface area contributed by atoms with Crippen LogP contribution >= 0.6 is 0 Å². The van der Waals surface area contributed by atoms with Gasteiger partial charge in [0, 0.05) is 44.1 Å². The summed E-state index contributed by atoms with van der Waals surface area (Å²) in [6.07, 6.45) is 6.65. The van der Waals surface area contributed by atoms with E-state index in [2.05, 4.69) is 22.2 Å². The van der Waals surface area contributed by atoms with Crippen molar-refractivity contribution in [1.29, 1.82) is 0 Å². The van der Waals surface area contributed by atoms with Crippen molar-refractivity contribution < 1.29 is 14.3 Å². The van der Waals surface area contributed by atoms with Gasteiger partial charge in [-0.25, -0.2) is 9.97 Å². The lowest BCUT2D eigenvalue weighted by atomic mass is 10.2. The van der Waals surface area contributed by atoms with Gasteiger partial charge >= 0.3 is 0 Å². The lowest BCUT2D eigenvalue weighted by Crippen LogP contribution is -2.50. The summed E-state index contributed by atoms with van der Waals surface area (Å²) in [5, 5.41) is 2.88. The molecule has 1 atom stereocenters. The summed E-state index contributed by atoms with van der Waals surface area (Å²) in [4.78, 5) is 35.2. The number of ether oxygens (including phenoxy) is 1. The van der Waals surface area contributed by atoms with Gasteiger partial charge in [-0.1, -0.05) is 0 Å². The summed E-state index contributed by atoms with van der Waals surface area (Å²) in [7, 11) is 0. The Hall–Kier alpha value is -3.20. The molecule has 1 aliphatic heterocycles. The minimum atomic E-state index is -0.690. The number of nitrogens with zero attached hydrogens (tertiary/aromatic N) is 5. The van der Waals surface area contributed by atoms with Crippen LogP contribution in [0, 0.1) is 0 Å². The highest BCUT2D eigenvalue weighted by Crippen LogP contribution is 2.19. The number of rotatable bonds is 6. The van der Waals surface area contributed by atoms with E-state index >= 15 is 0 Å². The minimum Gasteiger partial charge on any atom is -0.365 e. The summed E-state index contributed by atoms with van der Waals surface area (Å²) in [5.41, 5.74) is 2.51. The van der Waals surface area contributed by atoms with Crippen LogP contribution in [0.5, 0.6) is 0 Å². The van der Waals surface area contributed by atoms with Crippen LogP contribution in [0.3, 0.4) is 0 Å². The number of hydrogen-bond donors (Lipinski definition) is 1. The quantitative estimate of drug-likeness (QED) is 0.682. The molecule has 3 heterocycles. The second-order valence-electron chi connectivity index (χ2n) is 6.97. The number of aromatic nitrogens is 4. The van der Waals surface area contributed by atoms with E-state index in [9.17, 15) is 9.59 Å². The summed E-state index contributed by atoms with van der Waals surface area (Å²) in [6.45, 7) is 4.54. The zero-order valence-corrected chi connectivity index (χ0v) is 16.3. The number of carbonyl (C=O) groups is 2. The van der Waals surface area contributed by atoms with E-state index in [4.69, 9.17) is 4.74 Å². The molecule has 0 radical (unpaired) electrons. The largest absolute Gasteiger partial charge is 0.365 e. The summed E-state index contributed by atoms with van der Waals surface area (Å²) in [6, 6.07) is 5.64. The molecule has 1 N–H and O–H groups in total. The average Bonchev–Trinajstić information content (AvgIpc) is 3.41. The van der Waals surface area contributed by atoms with Gasteiger partial charge in [-0.15, -0.1) is 0 Å².